The molecule has 0 aliphatic rings. The molecule has 0 aliphatic heterocycles. The van der Waals surface area contributed by atoms with E-state index in [2.05, 4.69) is 20.4 Å². The smallest absolute Gasteiger partial charge is 0.228 e. The van der Waals surface area contributed by atoms with E-state index in [0.717, 1.165) is 5.56 Å². The molecule has 2 aromatic rings. The molecule has 24 heavy (non-hydrogen) atoms. The van der Waals surface area contributed by atoms with Gasteiger partial charge >= 0.3 is 0 Å². The number of aliphatic imine (C=N–C) groups is 1. The lowest BCUT2D eigenvalue weighted by Gasteiger charge is -2.16. The maximum Gasteiger partial charge on any atom is 0.228 e. The minimum atomic E-state index is -0.0885. The van der Waals surface area contributed by atoms with Crippen LogP contribution in [0, 0.1) is 0 Å². The van der Waals surface area contributed by atoms with E-state index in [1.165, 1.54) is 0 Å². The first-order valence-corrected chi connectivity index (χ1v) is 8.46. The Kier molecular flexibility index (Phi) is 6.45. The van der Waals surface area contributed by atoms with E-state index < -0.39 is 0 Å². The predicted molar refractivity (Wildman–Crippen MR) is 96.6 cm³/mol. The topological polar surface area (TPSA) is 89.3 Å². The summed E-state index contributed by atoms with van der Waals surface area (Å²) in [6.07, 6.45) is 0.540. The van der Waals surface area contributed by atoms with Crippen molar-refractivity contribution in [2.45, 2.75) is 39.2 Å². The number of hydrogen-bond donors (Lipinski definition) is 2. The van der Waals surface area contributed by atoms with Gasteiger partial charge in [0.2, 0.25) is 5.89 Å². The minimum absolute atomic E-state index is 0.0885. The second kappa shape index (κ2) is 8.35. The molecule has 8 heteroatoms. The van der Waals surface area contributed by atoms with Gasteiger partial charge in [-0.15, -0.1) is 0 Å². The molecule has 0 radical (unpaired) electrons. The molecule has 0 aliphatic carbocycles. The van der Waals surface area contributed by atoms with Gasteiger partial charge < -0.3 is 15.6 Å². The van der Waals surface area contributed by atoms with Gasteiger partial charge in [0.05, 0.1) is 12.6 Å². The van der Waals surface area contributed by atoms with E-state index in [1.807, 2.05) is 26.8 Å². The molecule has 1 aromatic carbocycles. The first-order chi connectivity index (χ1) is 11.4. The van der Waals surface area contributed by atoms with Crippen LogP contribution in [0.1, 0.15) is 50.0 Å². The molecule has 0 spiro atoms. The Labute approximate surface area is 151 Å². The number of aromatic nitrogens is 2. The number of hydrogen-bond acceptors (Lipinski definition) is 4. The van der Waals surface area contributed by atoms with Crippen molar-refractivity contribution >= 4 is 29.2 Å². The normalized spacial score (nSPS) is 13.3. The molecule has 0 saturated heterocycles. The summed E-state index contributed by atoms with van der Waals surface area (Å²) in [5.41, 5.74) is 6.81. The van der Waals surface area contributed by atoms with Crippen LogP contribution in [0.5, 0.6) is 0 Å². The standard InChI is InChI=1S/C16H21Cl2N5O/c1-9(2)15-22-14(24-23-15)6-7-20-16(19)21-10(3)12-5-4-11(17)8-13(12)18/h4-5,8-10H,6-7H2,1-3H3,(H3,19,20,21). The highest BCUT2D eigenvalue weighted by atomic mass is 35.5. The summed E-state index contributed by atoms with van der Waals surface area (Å²) >= 11 is 12.1. The lowest BCUT2D eigenvalue weighted by molar-refractivity contribution is 0.372. The lowest BCUT2D eigenvalue weighted by atomic mass is 10.1. The number of halogens is 2. The average molecular weight is 370 g/mol. The van der Waals surface area contributed by atoms with Crippen molar-refractivity contribution in [3.05, 3.63) is 45.5 Å². The van der Waals surface area contributed by atoms with Crippen molar-refractivity contribution < 1.29 is 4.52 Å². The van der Waals surface area contributed by atoms with Crippen molar-refractivity contribution in [2.24, 2.45) is 10.7 Å². The quantitative estimate of drug-likeness (QED) is 0.598. The summed E-state index contributed by atoms with van der Waals surface area (Å²) in [4.78, 5) is 8.57. The molecule has 1 unspecified atom stereocenters. The largest absolute Gasteiger partial charge is 0.370 e. The summed E-state index contributed by atoms with van der Waals surface area (Å²) < 4.78 is 5.16. The van der Waals surface area contributed by atoms with Crippen molar-refractivity contribution in [1.82, 2.24) is 15.5 Å². The lowest BCUT2D eigenvalue weighted by Crippen LogP contribution is -2.34. The third-order valence-corrected chi connectivity index (χ3v) is 3.96. The van der Waals surface area contributed by atoms with E-state index in [1.54, 1.807) is 12.1 Å². The van der Waals surface area contributed by atoms with E-state index in [4.69, 9.17) is 33.5 Å². The molecule has 1 atom stereocenters. The first-order valence-electron chi connectivity index (χ1n) is 7.70. The van der Waals surface area contributed by atoms with E-state index in [9.17, 15) is 0 Å². The van der Waals surface area contributed by atoms with Crippen LogP contribution in [0.2, 0.25) is 10.0 Å². The van der Waals surface area contributed by atoms with Gasteiger partial charge in [0, 0.05) is 22.4 Å². The molecule has 3 N–H and O–H groups in total. The number of nitrogens with one attached hydrogen (secondary N) is 1. The summed E-state index contributed by atoms with van der Waals surface area (Å²) in [6.45, 7) is 6.43. The Morgan fingerprint density at radius 1 is 1.33 bits per heavy atom. The van der Waals surface area contributed by atoms with Gasteiger partial charge in [-0.05, 0) is 24.6 Å². The molecule has 6 nitrogen and oxygen atoms in total. The van der Waals surface area contributed by atoms with Crippen molar-refractivity contribution in [1.29, 1.82) is 0 Å². The van der Waals surface area contributed by atoms with E-state index in [0.29, 0.717) is 40.7 Å². The average Bonchev–Trinajstić information content (AvgIpc) is 2.96. The Balaban J connectivity index is 1.88. The zero-order chi connectivity index (χ0) is 17.7. The first kappa shape index (κ1) is 18.5. The molecule has 0 fully saturated rings. The van der Waals surface area contributed by atoms with Crippen LogP contribution >= 0.6 is 23.2 Å². The van der Waals surface area contributed by atoms with Crippen molar-refractivity contribution in [2.75, 3.05) is 6.54 Å². The second-order valence-corrected chi connectivity index (χ2v) is 6.59. The number of rotatable bonds is 6. The molecule has 1 heterocycles. The summed E-state index contributed by atoms with van der Waals surface area (Å²) in [5.74, 6) is 1.83. The van der Waals surface area contributed by atoms with Crippen molar-refractivity contribution in [3.63, 3.8) is 0 Å². The second-order valence-electron chi connectivity index (χ2n) is 5.75. The Morgan fingerprint density at radius 3 is 2.71 bits per heavy atom. The van der Waals surface area contributed by atoms with E-state index in [-0.39, 0.29) is 12.0 Å². The SMILES string of the molecule is CC(C)c1noc(CCN=C(N)NC(C)c2ccc(Cl)cc2Cl)n1. The third-order valence-electron chi connectivity index (χ3n) is 3.40. The Bertz CT molecular complexity index is 714. The van der Waals surface area contributed by atoms with Crippen molar-refractivity contribution in [3.8, 4) is 0 Å². The number of benzene rings is 1. The van der Waals surface area contributed by atoms with Crippen LogP contribution in [0.4, 0.5) is 0 Å². The Hall–Kier alpha value is -1.79. The van der Waals surface area contributed by atoms with Crippen LogP contribution in [-0.4, -0.2) is 22.6 Å². The minimum Gasteiger partial charge on any atom is -0.370 e. The molecule has 0 bridgehead atoms. The molecule has 1 aromatic heterocycles. The molecular weight excluding hydrogens is 349 g/mol. The number of guanidine groups is 1. The van der Waals surface area contributed by atoms with Gasteiger partial charge in [0.15, 0.2) is 11.8 Å². The predicted octanol–water partition coefficient (Wildman–Crippen LogP) is 3.71. The van der Waals surface area contributed by atoms with Crippen LogP contribution in [0.3, 0.4) is 0 Å². The fraction of sp³-hybridized carbons (Fsp3) is 0.438. The number of nitrogens with two attached hydrogens (primary N) is 1. The van der Waals surface area contributed by atoms with Gasteiger partial charge in [0.25, 0.3) is 0 Å². The molecule has 2 rings (SSSR count). The van der Waals surface area contributed by atoms with Gasteiger partial charge in [-0.2, -0.15) is 4.98 Å². The molecule has 130 valence electrons. The maximum atomic E-state index is 6.19. The summed E-state index contributed by atoms with van der Waals surface area (Å²) in [6, 6.07) is 5.26. The fourth-order valence-electron chi connectivity index (χ4n) is 2.07. The van der Waals surface area contributed by atoms with Gasteiger partial charge in [-0.25, -0.2) is 0 Å². The molecule has 0 amide bonds. The van der Waals surface area contributed by atoms with E-state index >= 15 is 0 Å². The summed E-state index contributed by atoms with van der Waals surface area (Å²) in [7, 11) is 0. The van der Waals surface area contributed by atoms with Crippen LogP contribution in [0.15, 0.2) is 27.7 Å². The Morgan fingerprint density at radius 2 is 2.08 bits per heavy atom. The highest BCUT2D eigenvalue weighted by Gasteiger charge is 2.11. The zero-order valence-corrected chi connectivity index (χ0v) is 15.4. The number of nitrogens with zero attached hydrogens (tertiary/aromatic N) is 3. The monoisotopic (exact) mass is 369 g/mol. The highest BCUT2D eigenvalue weighted by molar-refractivity contribution is 6.35. The fourth-order valence-corrected chi connectivity index (χ4v) is 2.65. The van der Waals surface area contributed by atoms with Crippen LogP contribution < -0.4 is 11.1 Å². The molecule has 0 saturated carbocycles. The zero-order valence-electron chi connectivity index (χ0n) is 13.9. The molecular formula is C16H21Cl2N5O. The highest BCUT2D eigenvalue weighted by Crippen LogP contribution is 2.25. The van der Waals surface area contributed by atoms with Crippen LogP contribution in [-0.2, 0) is 6.42 Å². The summed E-state index contributed by atoms with van der Waals surface area (Å²) in [5, 5.41) is 8.19. The van der Waals surface area contributed by atoms with Gasteiger partial charge in [-0.3, -0.25) is 4.99 Å². The maximum absolute atomic E-state index is 6.19. The third kappa shape index (κ3) is 5.11. The van der Waals surface area contributed by atoms with Gasteiger partial charge in [-0.1, -0.05) is 48.3 Å². The van der Waals surface area contributed by atoms with Gasteiger partial charge in [0.1, 0.15) is 0 Å². The van der Waals surface area contributed by atoms with Crippen LogP contribution in [0.25, 0.3) is 0 Å².